The number of esters is 1. The van der Waals surface area contributed by atoms with Gasteiger partial charge >= 0.3 is 5.97 Å². The Bertz CT molecular complexity index is 848. The fraction of sp³-hybridized carbons (Fsp3) is 0.286. The Kier molecular flexibility index (Phi) is 5.93. The Morgan fingerprint density at radius 1 is 0.964 bits per heavy atom. The van der Waals surface area contributed by atoms with Gasteiger partial charge in [0.1, 0.15) is 17.4 Å². The molecular formula is C21H22N2O5. The molecule has 0 saturated carbocycles. The van der Waals surface area contributed by atoms with E-state index in [4.69, 9.17) is 9.47 Å². The van der Waals surface area contributed by atoms with E-state index in [1.165, 1.54) is 0 Å². The van der Waals surface area contributed by atoms with Crippen molar-refractivity contribution in [2.45, 2.75) is 25.8 Å². The third-order valence-electron chi connectivity index (χ3n) is 4.16. The van der Waals surface area contributed by atoms with Crippen LogP contribution in [0.3, 0.4) is 0 Å². The summed E-state index contributed by atoms with van der Waals surface area (Å²) in [6, 6.07) is 14.4. The van der Waals surface area contributed by atoms with Crippen molar-refractivity contribution in [3.05, 3.63) is 59.7 Å². The highest BCUT2D eigenvalue weighted by Crippen LogP contribution is 2.44. The largest absolute Gasteiger partial charge is 0.457 e. The van der Waals surface area contributed by atoms with Crippen LogP contribution < -0.4 is 15.4 Å². The second-order valence-corrected chi connectivity index (χ2v) is 6.72. The van der Waals surface area contributed by atoms with E-state index in [0.717, 1.165) is 0 Å². The maximum atomic E-state index is 12.8. The van der Waals surface area contributed by atoms with Crippen LogP contribution in [0.15, 0.2) is 48.5 Å². The molecule has 7 heteroatoms. The molecular weight excluding hydrogens is 360 g/mol. The van der Waals surface area contributed by atoms with E-state index < -0.39 is 24.4 Å². The number of carbonyl (C=O) groups is 3. The summed E-state index contributed by atoms with van der Waals surface area (Å²) >= 11 is 0. The van der Waals surface area contributed by atoms with Crippen molar-refractivity contribution in [1.29, 1.82) is 0 Å². The predicted molar refractivity (Wildman–Crippen MR) is 102 cm³/mol. The summed E-state index contributed by atoms with van der Waals surface area (Å²) in [7, 11) is 0. The van der Waals surface area contributed by atoms with Gasteiger partial charge in [0.05, 0.1) is 6.54 Å². The molecule has 7 nitrogen and oxygen atoms in total. The molecule has 0 spiro atoms. The van der Waals surface area contributed by atoms with Crippen LogP contribution >= 0.6 is 0 Å². The number of nitrogens with one attached hydrogen (secondary N) is 2. The van der Waals surface area contributed by atoms with Crippen LogP contribution in [0.2, 0.25) is 0 Å². The fourth-order valence-corrected chi connectivity index (χ4v) is 2.99. The lowest BCUT2D eigenvalue weighted by molar-refractivity contribution is -0.149. The third kappa shape index (κ3) is 4.49. The van der Waals surface area contributed by atoms with Gasteiger partial charge in [-0.05, 0) is 26.0 Å². The van der Waals surface area contributed by atoms with Crippen LogP contribution in [-0.2, 0) is 19.1 Å². The first kappa shape index (κ1) is 19.4. The third-order valence-corrected chi connectivity index (χ3v) is 4.16. The highest BCUT2D eigenvalue weighted by Gasteiger charge is 2.33. The van der Waals surface area contributed by atoms with E-state index in [9.17, 15) is 14.4 Å². The second-order valence-electron chi connectivity index (χ2n) is 6.72. The summed E-state index contributed by atoms with van der Waals surface area (Å²) in [4.78, 5) is 36.3. The average molecular weight is 382 g/mol. The van der Waals surface area contributed by atoms with E-state index >= 15 is 0 Å². The van der Waals surface area contributed by atoms with Crippen LogP contribution in [0.25, 0.3) is 0 Å². The summed E-state index contributed by atoms with van der Waals surface area (Å²) in [5.74, 6) is -0.915. The number of fused-ring (bicyclic) bond motifs is 2. The molecule has 3 rings (SSSR count). The van der Waals surface area contributed by atoms with Gasteiger partial charge in [-0.1, -0.05) is 36.4 Å². The highest BCUT2D eigenvalue weighted by molar-refractivity contribution is 5.89. The predicted octanol–water partition coefficient (Wildman–Crippen LogP) is 2.11. The Balaban J connectivity index is 1.65. The summed E-state index contributed by atoms with van der Waals surface area (Å²) in [5.41, 5.74) is 1.37. The molecule has 2 amide bonds. The maximum absolute atomic E-state index is 12.8. The first-order valence-corrected chi connectivity index (χ1v) is 9.04. The zero-order valence-electron chi connectivity index (χ0n) is 15.7. The number of amides is 2. The van der Waals surface area contributed by atoms with Crippen molar-refractivity contribution in [2.24, 2.45) is 0 Å². The number of rotatable bonds is 6. The molecule has 1 heterocycles. The van der Waals surface area contributed by atoms with Crippen molar-refractivity contribution in [3.63, 3.8) is 0 Å². The van der Waals surface area contributed by atoms with Gasteiger partial charge < -0.3 is 20.1 Å². The quantitative estimate of drug-likeness (QED) is 0.747. The molecule has 2 aromatic carbocycles. The SMILES string of the molecule is CC(C)NC(=O)CNC(=O)COC(=O)C1c2ccccc2Oc2ccccc21. The van der Waals surface area contributed by atoms with Crippen LogP contribution in [-0.4, -0.2) is 37.0 Å². The minimum atomic E-state index is -0.682. The smallest absolute Gasteiger partial charge is 0.318 e. The lowest BCUT2D eigenvalue weighted by Crippen LogP contribution is -2.41. The topological polar surface area (TPSA) is 93.7 Å². The number of hydrogen-bond acceptors (Lipinski definition) is 5. The van der Waals surface area contributed by atoms with Gasteiger partial charge in [-0.3, -0.25) is 14.4 Å². The second kappa shape index (κ2) is 8.56. The summed E-state index contributed by atoms with van der Waals surface area (Å²) in [6.45, 7) is 3.02. The van der Waals surface area contributed by atoms with Gasteiger partial charge in [-0.2, -0.15) is 0 Å². The Morgan fingerprint density at radius 2 is 1.54 bits per heavy atom. The molecule has 1 aliphatic rings. The minimum absolute atomic E-state index is 0.0177. The molecule has 2 N–H and O–H groups in total. The van der Waals surface area contributed by atoms with Crippen molar-refractivity contribution in [3.8, 4) is 11.5 Å². The molecule has 146 valence electrons. The van der Waals surface area contributed by atoms with E-state index in [1.807, 2.05) is 38.1 Å². The molecule has 28 heavy (non-hydrogen) atoms. The molecule has 0 unspecified atom stereocenters. The molecule has 0 radical (unpaired) electrons. The molecule has 0 bridgehead atoms. The van der Waals surface area contributed by atoms with Crippen molar-refractivity contribution < 1.29 is 23.9 Å². The summed E-state index contributed by atoms with van der Waals surface area (Å²) < 4.78 is 11.1. The highest BCUT2D eigenvalue weighted by atomic mass is 16.5. The first-order valence-electron chi connectivity index (χ1n) is 9.04. The standard InChI is InChI=1S/C21H22N2O5/c1-13(2)23-18(24)11-22-19(25)12-27-21(26)20-14-7-3-5-9-16(14)28-17-10-6-4-8-15(17)20/h3-10,13,20H,11-12H2,1-2H3,(H,22,25)(H,23,24). The van der Waals surface area contributed by atoms with Crippen LogP contribution in [0.1, 0.15) is 30.9 Å². The van der Waals surface area contributed by atoms with E-state index in [1.54, 1.807) is 24.3 Å². The number of benzene rings is 2. The van der Waals surface area contributed by atoms with E-state index in [0.29, 0.717) is 22.6 Å². The lowest BCUT2D eigenvalue weighted by Gasteiger charge is -2.26. The molecule has 0 aliphatic carbocycles. The fourth-order valence-electron chi connectivity index (χ4n) is 2.99. The van der Waals surface area contributed by atoms with Crippen LogP contribution in [0.4, 0.5) is 0 Å². The van der Waals surface area contributed by atoms with Gasteiger partial charge in [0, 0.05) is 17.2 Å². The monoisotopic (exact) mass is 382 g/mol. The van der Waals surface area contributed by atoms with E-state index in [-0.39, 0.29) is 18.5 Å². The number of carbonyl (C=O) groups excluding carboxylic acids is 3. The molecule has 2 aromatic rings. The maximum Gasteiger partial charge on any atom is 0.318 e. The Labute approximate surface area is 163 Å². The summed E-state index contributed by atoms with van der Waals surface area (Å²) in [5, 5.41) is 5.09. The minimum Gasteiger partial charge on any atom is -0.457 e. The van der Waals surface area contributed by atoms with Crippen molar-refractivity contribution >= 4 is 17.8 Å². The number of ether oxygens (including phenoxy) is 2. The van der Waals surface area contributed by atoms with Gasteiger partial charge in [0.2, 0.25) is 5.91 Å². The van der Waals surface area contributed by atoms with Gasteiger partial charge in [0.15, 0.2) is 6.61 Å². The Hall–Kier alpha value is -3.35. The molecule has 0 saturated heterocycles. The zero-order valence-corrected chi connectivity index (χ0v) is 15.7. The molecule has 1 aliphatic heterocycles. The van der Waals surface area contributed by atoms with Crippen LogP contribution in [0.5, 0.6) is 11.5 Å². The van der Waals surface area contributed by atoms with Gasteiger partial charge in [-0.25, -0.2) is 0 Å². The number of para-hydroxylation sites is 2. The van der Waals surface area contributed by atoms with Gasteiger partial charge in [0.25, 0.3) is 5.91 Å². The average Bonchev–Trinajstić information content (AvgIpc) is 2.68. The van der Waals surface area contributed by atoms with Crippen molar-refractivity contribution in [2.75, 3.05) is 13.2 Å². The zero-order chi connectivity index (χ0) is 20.1. The van der Waals surface area contributed by atoms with E-state index in [2.05, 4.69) is 10.6 Å². The molecule has 0 aromatic heterocycles. The molecule has 0 atom stereocenters. The normalized spacial score (nSPS) is 12.4. The molecule has 0 fully saturated rings. The lowest BCUT2D eigenvalue weighted by atomic mass is 9.88. The van der Waals surface area contributed by atoms with Crippen LogP contribution in [0, 0.1) is 0 Å². The number of hydrogen-bond donors (Lipinski definition) is 2. The summed E-state index contributed by atoms with van der Waals surface area (Å²) in [6.07, 6.45) is 0. The first-order chi connectivity index (χ1) is 13.5. The van der Waals surface area contributed by atoms with Crippen molar-refractivity contribution in [1.82, 2.24) is 10.6 Å². The van der Waals surface area contributed by atoms with Gasteiger partial charge in [-0.15, -0.1) is 0 Å². The Morgan fingerprint density at radius 3 is 2.11 bits per heavy atom.